The number of hydrogen-bond acceptors (Lipinski definition) is 3. The molecule has 13 heavy (non-hydrogen) atoms. The van der Waals surface area contributed by atoms with E-state index in [0.29, 0.717) is 24.1 Å². The van der Waals surface area contributed by atoms with Crippen LogP contribution in [0.2, 0.25) is 0 Å². The molecule has 0 aliphatic heterocycles. The molecule has 0 unspecified atom stereocenters. The molecule has 0 aliphatic carbocycles. The summed E-state index contributed by atoms with van der Waals surface area (Å²) in [7, 11) is 0. The zero-order chi connectivity index (χ0) is 10.1. The van der Waals surface area contributed by atoms with E-state index < -0.39 is 5.97 Å². The number of halogens is 1. The molecule has 3 nitrogen and oxygen atoms in total. The van der Waals surface area contributed by atoms with Gasteiger partial charge in [-0.05, 0) is 0 Å². The van der Waals surface area contributed by atoms with Gasteiger partial charge in [0.25, 0.3) is 0 Å². The van der Waals surface area contributed by atoms with Crippen molar-refractivity contribution < 1.29 is 14.3 Å². The van der Waals surface area contributed by atoms with E-state index in [4.69, 9.17) is 9.47 Å². The van der Waals surface area contributed by atoms with Gasteiger partial charge in [0, 0.05) is 5.33 Å². The minimum atomic E-state index is -0.413. The van der Waals surface area contributed by atoms with Gasteiger partial charge in [-0.25, -0.2) is 4.79 Å². The van der Waals surface area contributed by atoms with Crippen molar-refractivity contribution in [1.82, 2.24) is 0 Å². The molecule has 0 rings (SSSR count). The molecule has 0 N–H and O–H groups in total. The first-order valence-electron chi connectivity index (χ1n) is 3.82. The third-order valence-electron chi connectivity index (χ3n) is 1.11. The normalized spacial score (nSPS) is 9.31. The maximum Gasteiger partial charge on any atom is 0.335 e. The Bertz CT molecular complexity index is 189. The fraction of sp³-hybridized carbons (Fsp3) is 0.444. The van der Waals surface area contributed by atoms with E-state index >= 15 is 0 Å². The van der Waals surface area contributed by atoms with Crippen LogP contribution in [0.1, 0.15) is 0 Å². The van der Waals surface area contributed by atoms with Gasteiger partial charge < -0.3 is 9.47 Å². The zero-order valence-electron chi connectivity index (χ0n) is 7.42. The van der Waals surface area contributed by atoms with Crippen LogP contribution in [0.5, 0.6) is 0 Å². The average Bonchev–Trinajstić information content (AvgIpc) is 2.14. The van der Waals surface area contributed by atoms with Gasteiger partial charge in [-0.2, -0.15) is 0 Å². The van der Waals surface area contributed by atoms with Crippen LogP contribution < -0.4 is 0 Å². The third-order valence-corrected chi connectivity index (χ3v) is 1.43. The Balaban J connectivity index is 3.57. The van der Waals surface area contributed by atoms with Gasteiger partial charge in [-0.15, -0.1) is 6.58 Å². The lowest BCUT2D eigenvalue weighted by Crippen LogP contribution is -2.13. The van der Waals surface area contributed by atoms with Crippen LogP contribution in [-0.2, 0) is 14.3 Å². The average molecular weight is 249 g/mol. The predicted octanol–water partition coefficient (Wildman–Crippen LogP) is 1.68. The van der Waals surface area contributed by atoms with Crippen LogP contribution >= 0.6 is 15.9 Å². The molecule has 0 saturated carbocycles. The van der Waals surface area contributed by atoms with Crippen LogP contribution in [0.25, 0.3) is 0 Å². The first-order valence-corrected chi connectivity index (χ1v) is 4.94. The summed E-state index contributed by atoms with van der Waals surface area (Å²) in [6, 6.07) is 0. The SMILES string of the molecule is C=CCOCC(=C)C(=O)OCCBr. The topological polar surface area (TPSA) is 35.5 Å². The van der Waals surface area contributed by atoms with Gasteiger partial charge in [0.1, 0.15) is 6.61 Å². The lowest BCUT2D eigenvalue weighted by molar-refractivity contribution is -0.139. The van der Waals surface area contributed by atoms with Crippen molar-refractivity contribution in [1.29, 1.82) is 0 Å². The number of alkyl halides is 1. The molecule has 0 aromatic rings. The molecular weight excluding hydrogens is 236 g/mol. The molecule has 0 atom stereocenters. The van der Waals surface area contributed by atoms with Crippen molar-refractivity contribution in [2.45, 2.75) is 0 Å². The highest BCUT2D eigenvalue weighted by atomic mass is 79.9. The maximum atomic E-state index is 11.0. The van der Waals surface area contributed by atoms with Crippen LogP contribution in [0.4, 0.5) is 0 Å². The Kier molecular flexibility index (Phi) is 7.63. The van der Waals surface area contributed by atoms with Crippen molar-refractivity contribution in [3.63, 3.8) is 0 Å². The minimum absolute atomic E-state index is 0.188. The molecule has 0 aliphatic rings. The van der Waals surface area contributed by atoms with Crippen molar-refractivity contribution in [3.8, 4) is 0 Å². The number of hydrogen-bond donors (Lipinski definition) is 0. The van der Waals surface area contributed by atoms with Gasteiger partial charge in [0.15, 0.2) is 0 Å². The van der Waals surface area contributed by atoms with E-state index in [-0.39, 0.29) is 6.61 Å². The largest absolute Gasteiger partial charge is 0.461 e. The van der Waals surface area contributed by atoms with Crippen molar-refractivity contribution in [2.24, 2.45) is 0 Å². The van der Waals surface area contributed by atoms with E-state index in [2.05, 4.69) is 29.1 Å². The van der Waals surface area contributed by atoms with E-state index in [1.165, 1.54) is 0 Å². The Labute approximate surface area is 86.5 Å². The Hall–Kier alpha value is -0.610. The van der Waals surface area contributed by atoms with Crippen LogP contribution in [0.3, 0.4) is 0 Å². The second-order valence-electron chi connectivity index (χ2n) is 2.23. The molecule has 0 amide bonds. The number of ether oxygens (including phenoxy) is 2. The third kappa shape index (κ3) is 6.54. The molecule has 0 spiro atoms. The monoisotopic (exact) mass is 248 g/mol. The zero-order valence-corrected chi connectivity index (χ0v) is 9.01. The van der Waals surface area contributed by atoms with Crippen molar-refractivity contribution in [3.05, 3.63) is 24.8 Å². The Morgan fingerprint density at radius 1 is 1.54 bits per heavy atom. The fourth-order valence-electron chi connectivity index (χ4n) is 0.558. The Morgan fingerprint density at radius 2 is 2.23 bits per heavy atom. The lowest BCUT2D eigenvalue weighted by Gasteiger charge is -2.05. The van der Waals surface area contributed by atoms with Gasteiger partial charge >= 0.3 is 5.97 Å². The molecule has 0 fully saturated rings. The minimum Gasteiger partial charge on any atom is -0.461 e. The quantitative estimate of drug-likeness (QED) is 0.226. The summed E-state index contributed by atoms with van der Waals surface area (Å²) >= 11 is 3.14. The lowest BCUT2D eigenvalue weighted by atomic mass is 10.3. The highest BCUT2D eigenvalue weighted by molar-refractivity contribution is 9.09. The van der Waals surface area contributed by atoms with Gasteiger partial charge in [-0.3, -0.25) is 0 Å². The summed E-state index contributed by atoms with van der Waals surface area (Å²) in [5, 5.41) is 0.625. The predicted molar refractivity (Wildman–Crippen MR) is 54.9 cm³/mol. The molecular formula is C9H13BrO3. The van der Waals surface area contributed by atoms with Crippen LogP contribution in [-0.4, -0.2) is 31.1 Å². The highest BCUT2D eigenvalue weighted by Gasteiger charge is 2.07. The summed E-state index contributed by atoms with van der Waals surface area (Å²) in [6.45, 7) is 7.95. The molecule has 4 heteroatoms. The summed E-state index contributed by atoms with van der Waals surface area (Å²) < 4.78 is 9.81. The van der Waals surface area contributed by atoms with Gasteiger partial charge in [0.05, 0.1) is 18.8 Å². The van der Waals surface area contributed by atoms with Gasteiger partial charge in [-0.1, -0.05) is 28.6 Å². The van der Waals surface area contributed by atoms with Gasteiger partial charge in [0.2, 0.25) is 0 Å². The van der Waals surface area contributed by atoms with Crippen molar-refractivity contribution >= 4 is 21.9 Å². The number of rotatable bonds is 7. The first-order chi connectivity index (χ1) is 6.22. The number of carbonyl (C=O) groups excluding carboxylic acids is 1. The molecule has 0 aromatic carbocycles. The van der Waals surface area contributed by atoms with E-state index in [0.717, 1.165) is 0 Å². The summed E-state index contributed by atoms with van der Waals surface area (Å²) in [5.41, 5.74) is 0.322. The second-order valence-corrected chi connectivity index (χ2v) is 3.03. The Morgan fingerprint density at radius 3 is 2.77 bits per heavy atom. The molecule has 0 saturated heterocycles. The molecule has 74 valence electrons. The standard InChI is InChI=1S/C9H13BrO3/c1-3-5-12-7-8(2)9(11)13-6-4-10/h3H,1-2,4-7H2. The molecule has 0 radical (unpaired) electrons. The van der Waals surface area contributed by atoms with E-state index in [9.17, 15) is 4.79 Å². The molecule has 0 aromatic heterocycles. The van der Waals surface area contributed by atoms with E-state index in [1.54, 1.807) is 6.08 Å². The maximum absolute atomic E-state index is 11.0. The van der Waals surface area contributed by atoms with Crippen molar-refractivity contribution in [2.75, 3.05) is 25.2 Å². The fourth-order valence-corrected chi connectivity index (χ4v) is 0.720. The van der Waals surface area contributed by atoms with Crippen LogP contribution in [0.15, 0.2) is 24.8 Å². The molecule has 0 heterocycles. The number of carbonyl (C=O) groups is 1. The second kappa shape index (κ2) is 8.01. The summed E-state index contributed by atoms with van der Waals surface area (Å²) in [5.74, 6) is -0.413. The first kappa shape index (κ1) is 12.4. The van der Waals surface area contributed by atoms with Crippen LogP contribution in [0, 0.1) is 0 Å². The molecule has 0 bridgehead atoms. The van der Waals surface area contributed by atoms with E-state index in [1.807, 2.05) is 0 Å². The highest BCUT2D eigenvalue weighted by Crippen LogP contribution is 1.96. The summed E-state index contributed by atoms with van der Waals surface area (Å²) in [4.78, 5) is 11.0. The summed E-state index contributed by atoms with van der Waals surface area (Å²) in [6.07, 6.45) is 1.61. The smallest absolute Gasteiger partial charge is 0.335 e. The number of esters is 1.